The van der Waals surface area contributed by atoms with Gasteiger partial charge in [0, 0.05) is 26.2 Å². The molecule has 5 nitrogen and oxygen atoms in total. The summed E-state index contributed by atoms with van der Waals surface area (Å²) < 4.78 is 12.2. The highest BCUT2D eigenvalue weighted by molar-refractivity contribution is 9.10. The Morgan fingerprint density at radius 3 is 2.62 bits per heavy atom. The maximum absolute atomic E-state index is 12.6. The predicted octanol–water partition coefficient (Wildman–Crippen LogP) is 3.94. The first-order valence-corrected chi connectivity index (χ1v) is 11.4. The van der Waals surface area contributed by atoms with Crippen molar-refractivity contribution in [3.63, 3.8) is 0 Å². The SMILES string of the molecule is O=C(COc1ccc2ccccc2c1Br)N1CCC(CCN2CCOCC2)CC1. The molecule has 156 valence electrons. The number of hydrogen-bond acceptors (Lipinski definition) is 4. The molecule has 2 aromatic carbocycles. The molecule has 2 aliphatic heterocycles. The highest BCUT2D eigenvalue weighted by atomic mass is 79.9. The van der Waals surface area contributed by atoms with Crippen LogP contribution in [0, 0.1) is 5.92 Å². The normalized spacial score (nSPS) is 18.9. The van der Waals surface area contributed by atoms with E-state index < -0.39 is 0 Å². The number of ether oxygens (including phenoxy) is 2. The number of benzene rings is 2. The summed E-state index contributed by atoms with van der Waals surface area (Å²) in [5.41, 5.74) is 0. The van der Waals surface area contributed by atoms with Crippen LogP contribution in [-0.2, 0) is 9.53 Å². The van der Waals surface area contributed by atoms with Crippen molar-refractivity contribution in [2.24, 2.45) is 5.92 Å². The first kappa shape index (κ1) is 20.6. The van der Waals surface area contributed by atoms with Crippen LogP contribution in [0.2, 0.25) is 0 Å². The van der Waals surface area contributed by atoms with Crippen molar-refractivity contribution in [1.82, 2.24) is 9.80 Å². The molecule has 0 radical (unpaired) electrons. The Bertz CT molecular complexity index is 830. The van der Waals surface area contributed by atoms with Crippen LogP contribution in [-0.4, -0.2) is 68.3 Å². The second-order valence-corrected chi connectivity index (χ2v) is 8.75. The molecule has 4 rings (SSSR count). The van der Waals surface area contributed by atoms with E-state index >= 15 is 0 Å². The van der Waals surface area contributed by atoms with Crippen LogP contribution < -0.4 is 4.74 Å². The first-order valence-electron chi connectivity index (χ1n) is 10.6. The zero-order chi connectivity index (χ0) is 20.1. The fraction of sp³-hybridized carbons (Fsp3) is 0.522. The maximum atomic E-state index is 12.6. The number of carbonyl (C=O) groups excluding carboxylic acids is 1. The van der Waals surface area contributed by atoms with Gasteiger partial charge in [0.1, 0.15) is 5.75 Å². The van der Waals surface area contributed by atoms with Crippen LogP contribution in [0.15, 0.2) is 40.9 Å². The standard InChI is InChI=1S/C23H29BrN2O3/c24-23-20-4-2-1-3-19(20)5-6-21(23)29-17-22(27)26-11-8-18(9-12-26)7-10-25-13-15-28-16-14-25/h1-6,18H,7-17H2. The van der Waals surface area contributed by atoms with Gasteiger partial charge in [-0.25, -0.2) is 0 Å². The van der Waals surface area contributed by atoms with Gasteiger partial charge < -0.3 is 14.4 Å². The minimum atomic E-state index is 0.0803. The molecule has 2 saturated heterocycles. The third-order valence-electron chi connectivity index (χ3n) is 6.10. The van der Waals surface area contributed by atoms with E-state index in [1.54, 1.807) is 0 Å². The number of hydrogen-bond donors (Lipinski definition) is 0. The average molecular weight is 461 g/mol. The molecule has 29 heavy (non-hydrogen) atoms. The molecule has 2 heterocycles. The Hall–Kier alpha value is -1.63. The van der Waals surface area contributed by atoms with Gasteiger partial charge in [0.2, 0.25) is 0 Å². The zero-order valence-corrected chi connectivity index (χ0v) is 18.4. The summed E-state index contributed by atoms with van der Waals surface area (Å²) >= 11 is 3.62. The third kappa shape index (κ3) is 5.30. The summed E-state index contributed by atoms with van der Waals surface area (Å²) in [5.74, 6) is 1.52. The van der Waals surface area contributed by atoms with Gasteiger partial charge in [-0.2, -0.15) is 0 Å². The van der Waals surface area contributed by atoms with Crippen LogP contribution in [0.4, 0.5) is 0 Å². The van der Waals surface area contributed by atoms with Gasteiger partial charge in [-0.15, -0.1) is 0 Å². The number of piperidine rings is 1. The molecule has 0 bridgehead atoms. The molecule has 0 N–H and O–H groups in total. The van der Waals surface area contributed by atoms with E-state index in [1.807, 2.05) is 29.2 Å². The van der Waals surface area contributed by atoms with E-state index in [2.05, 4.69) is 33.0 Å². The number of nitrogens with zero attached hydrogens (tertiary/aromatic N) is 2. The second kappa shape index (κ2) is 9.92. The van der Waals surface area contributed by atoms with Crippen LogP contribution in [0.25, 0.3) is 10.8 Å². The molecule has 2 aliphatic rings. The molecule has 0 saturated carbocycles. The number of halogens is 1. The number of likely N-dealkylation sites (tertiary alicyclic amines) is 1. The Morgan fingerprint density at radius 1 is 1.07 bits per heavy atom. The summed E-state index contributed by atoms with van der Waals surface area (Å²) in [5, 5.41) is 2.25. The lowest BCUT2D eigenvalue weighted by Gasteiger charge is -2.34. The Morgan fingerprint density at radius 2 is 1.83 bits per heavy atom. The van der Waals surface area contributed by atoms with Crippen LogP contribution >= 0.6 is 15.9 Å². The second-order valence-electron chi connectivity index (χ2n) is 7.95. The Labute approximate surface area is 181 Å². The molecule has 0 atom stereocenters. The first-order chi connectivity index (χ1) is 14.2. The Balaban J connectivity index is 1.22. The highest BCUT2D eigenvalue weighted by Gasteiger charge is 2.24. The zero-order valence-electron chi connectivity index (χ0n) is 16.8. The minimum Gasteiger partial charge on any atom is -0.483 e. The maximum Gasteiger partial charge on any atom is 0.260 e. The van der Waals surface area contributed by atoms with Crippen molar-refractivity contribution >= 4 is 32.6 Å². The van der Waals surface area contributed by atoms with Crippen LogP contribution in [0.1, 0.15) is 19.3 Å². The van der Waals surface area contributed by atoms with E-state index in [0.29, 0.717) is 0 Å². The van der Waals surface area contributed by atoms with Gasteiger partial charge in [-0.1, -0.05) is 30.3 Å². The van der Waals surface area contributed by atoms with Crippen LogP contribution in [0.5, 0.6) is 5.75 Å². The van der Waals surface area contributed by atoms with Gasteiger partial charge in [-0.05, 0) is 64.5 Å². The molecule has 2 fully saturated rings. The lowest BCUT2D eigenvalue weighted by Crippen LogP contribution is -2.42. The number of rotatable bonds is 6. The fourth-order valence-electron chi connectivity index (χ4n) is 4.22. The van der Waals surface area contributed by atoms with E-state index in [-0.39, 0.29) is 12.5 Å². The van der Waals surface area contributed by atoms with Crippen molar-refractivity contribution in [3.8, 4) is 5.75 Å². The third-order valence-corrected chi connectivity index (χ3v) is 6.92. The fourth-order valence-corrected chi connectivity index (χ4v) is 4.82. The number of amides is 1. The summed E-state index contributed by atoms with van der Waals surface area (Å²) in [6.45, 7) is 6.76. The smallest absolute Gasteiger partial charge is 0.260 e. The lowest BCUT2D eigenvalue weighted by molar-refractivity contribution is -0.134. The molecule has 0 aromatic heterocycles. The van der Waals surface area contributed by atoms with Crippen molar-refractivity contribution in [3.05, 3.63) is 40.9 Å². The highest BCUT2D eigenvalue weighted by Crippen LogP contribution is 2.33. The van der Waals surface area contributed by atoms with Gasteiger partial charge >= 0.3 is 0 Å². The summed E-state index contributed by atoms with van der Waals surface area (Å²) in [4.78, 5) is 17.1. The molecule has 0 spiro atoms. The molecule has 0 aliphatic carbocycles. The van der Waals surface area contributed by atoms with E-state index in [9.17, 15) is 4.79 Å². The predicted molar refractivity (Wildman–Crippen MR) is 118 cm³/mol. The summed E-state index contributed by atoms with van der Waals surface area (Å²) in [6, 6.07) is 12.1. The molecule has 6 heteroatoms. The molecule has 1 amide bonds. The summed E-state index contributed by atoms with van der Waals surface area (Å²) in [6.07, 6.45) is 3.41. The van der Waals surface area contributed by atoms with Gasteiger partial charge in [0.15, 0.2) is 6.61 Å². The van der Waals surface area contributed by atoms with Gasteiger partial charge in [0.25, 0.3) is 5.91 Å². The average Bonchev–Trinajstić information content (AvgIpc) is 2.78. The van der Waals surface area contributed by atoms with Gasteiger partial charge in [-0.3, -0.25) is 9.69 Å². The topological polar surface area (TPSA) is 42.0 Å². The number of carbonyl (C=O) groups is 1. The summed E-state index contributed by atoms with van der Waals surface area (Å²) in [7, 11) is 0. The molecular formula is C23H29BrN2O3. The Kier molecular flexibility index (Phi) is 7.06. The van der Waals surface area contributed by atoms with Crippen LogP contribution in [0.3, 0.4) is 0 Å². The number of fused-ring (bicyclic) bond motifs is 1. The van der Waals surface area contributed by atoms with Crippen molar-refractivity contribution in [2.45, 2.75) is 19.3 Å². The van der Waals surface area contributed by atoms with E-state index in [0.717, 1.165) is 85.7 Å². The van der Waals surface area contributed by atoms with Crippen molar-refractivity contribution in [1.29, 1.82) is 0 Å². The van der Waals surface area contributed by atoms with E-state index in [4.69, 9.17) is 9.47 Å². The lowest BCUT2D eigenvalue weighted by atomic mass is 9.93. The quantitative estimate of drug-likeness (QED) is 0.654. The molecular weight excluding hydrogens is 432 g/mol. The van der Waals surface area contributed by atoms with Crippen molar-refractivity contribution in [2.75, 3.05) is 52.5 Å². The minimum absolute atomic E-state index is 0.0803. The number of morpholine rings is 1. The van der Waals surface area contributed by atoms with Crippen molar-refractivity contribution < 1.29 is 14.3 Å². The molecule has 0 unspecified atom stereocenters. The molecule has 2 aromatic rings. The van der Waals surface area contributed by atoms with E-state index in [1.165, 1.54) is 6.42 Å². The monoisotopic (exact) mass is 460 g/mol. The largest absolute Gasteiger partial charge is 0.483 e. The van der Waals surface area contributed by atoms with Gasteiger partial charge in [0.05, 0.1) is 17.7 Å².